The van der Waals surface area contributed by atoms with Crippen LogP contribution in [0.15, 0.2) is 40.9 Å². The molecule has 1 unspecified atom stereocenters. The zero-order valence-corrected chi connectivity index (χ0v) is 15.7. The van der Waals surface area contributed by atoms with Gasteiger partial charge in [-0.2, -0.15) is 8.78 Å². The van der Waals surface area contributed by atoms with Gasteiger partial charge in [-0.1, -0.05) is 18.2 Å². The minimum Gasteiger partial charge on any atom is -0.454 e. The maximum atomic E-state index is 12.5. The fourth-order valence-corrected chi connectivity index (χ4v) is 3.15. The molecule has 2 aromatic rings. The molecule has 0 aromatic heterocycles. The molecule has 0 bridgehead atoms. The van der Waals surface area contributed by atoms with E-state index < -0.39 is 6.61 Å². The zero-order chi connectivity index (χ0) is 17.1. The SMILES string of the molecule is CC(NCc1cc(Br)c2c(c1)OCO2)c1ccccc1OC(F)F.Cl. The molecule has 136 valence electrons. The van der Waals surface area contributed by atoms with Crippen molar-refractivity contribution in [3.63, 3.8) is 0 Å². The molecule has 1 aliphatic heterocycles. The number of alkyl halides is 2. The van der Waals surface area contributed by atoms with Gasteiger partial charge >= 0.3 is 6.61 Å². The number of benzene rings is 2. The molecule has 0 saturated heterocycles. The molecule has 0 amide bonds. The number of rotatable bonds is 6. The third-order valence-electron chi connectivity index (χ3n) is 3.70. The summed E-state index contributed by atoms with van der Waals surface area (Å²) in [4.78, 5) is 0. The van der Waals surface area contributed by atoms with Gasteiger partial charge in [0.15, 0.2) is 11.5 Å². The monoisotopic (exact) mass is 435 g/mol. The quantitative estimate of drug-likeness (QED) is 0.688. The zero-order valence-electron chi connectivity index (χ0n) is 13.3. The average Bonchev–Trinajstić information content (AvgIpc) is 3.01. The third-order valence-corrected chi connectivity index (χ3v) is 4.29. The van der Waals surface area contributed by atoms with Crippen LogP contribution in [-0.2, 0) is 6.54 Å². The van der Waals surface area contributed by atoms with Gasteiger partial charge in [-0.15, -0.1) is 12.4 Å². The van der Waals surface area contributed by atoms with Crippen LogP contribution in [0.25, 0.3) is 0 Å². The van der Waals surface area contributed by atoms with E-state index in [2.05, 4.69) is 26.0 Å². The van der Waals surface area contributed by atoms with E-state index in [0.29, 0.717) is 23.6 Å². The Morgan fingerprint density at radius 3 is 2.76 bits per heavy atom. The van der Waals surface area contributed by atoms with Crippen LogP contribution >= 0.6 is 28.3 Å². The van der Waals surface area contributed by atoms with E-state index in [0.717, 1.165) is 10.0 Å². The highest BCUT2D eigenvalue weighted by Crippen LogP contribution is 2.40. The lowest BCUT2D eigenvalue weighted by Gasteiger charge is -2.18. The number of para-hydroxylation sites is 1. The molecule has 0 spiro atoms. The highest BCUT2D eigenvalue weighted by Gasteiger charge is 2.19. The molecule has 25 heavy (non-hydrogen) atoms. The molecule has 0 fully saturated rings. The van der Waals surface area contributed by atoms with Crippen LogP contribution in [0.3, 0.4) is 0 Å². The van der Waals surface area contributed by atoms with E-state index in [1.807, 2.05) is 19.1 Å². The summed E-state index contributed by atoms with van der Waals surface area (Å²) in [6, 6.07) is 10.4. The van der Waals surface area contributed by atoms with E-state index in [1.54, 1.807) is 18.2 Å². The summed E-state index contributed by atoms with van der Waals surface area (Å²) in [7, 11) is 0. The summed E-state index contributed by atoms with van der Waals surface area (Å²) in [6.07, 6.45) is 0. The molecule has 0 radical (unpaired) electrons. The minimum absolute atomic E-state index is 0. The van der Waals surface area contributed by atoms with Crippen molar-refractivity contribution in [3.8, 4) is 17.2 Å². The number of ether oxygens (including phenoxy) is 3. The Morgan fingerprint density at radius 1 is 1.24 bits per heavy atom. The Bertz CT molecular complexity index is 733. The Labute approximate surface area is 159 Å². The van der Waals surface area contributed by atoms with Crippen molar-refractivity contribution in [2.75, 3.05) is 6.79 Å². The minimum atomic E-state index is -2.84. The van der Waals surface area contributed by atoms with Gasteiger partial charge in [-0.3, -0.25) is 0 Å². The lowest BCUT2D eigenvalue weighted by atomic mass is 10.1. The van der Waals surface area contributed by atoms with Gasteiger partial charge in [-0.05, 0) is 46.6 Å². The molecule has 1 heterocycles. The van der Waals surface area contributed by atoms with Gasteiger partial charge in [0, 0.05) is 18.2 Å². The first-order valence-electron chi connectivity index (χ1n) is 7.39. The fraction of sp³-hybridized carbons (Fsp3) is 0.294. The van der Waals surface area contributed by atoms with Crippen molar-refractivity contribution in [2.45, 2.75) is 26.1 Å². The Balaban J connectivity index is 0.00000225. The Morgan fingerprint density at radius 2 is 2.00 bits per heavy atom. The van der Waals surface area contributed by atoms with Crippen molar-refractivity contribution in [1.29, 1.82) is 0 Å². The van der Waals surface area contributed by atoms with Gasteiger partial charge in [0.25, 0.3) is 0 Å². The molecule has 0 saturated carbocycles. The standard InChI is InChI=1S/C17H16BrF2NO3.ClH/c1-10(12-4-2-3-5-14(12)24-17(19)20)21-8-11-6-13(18)16-15(7-11)22-9-23-16;/h2-7,10,17,21H,8-9H2,1H3;1H. The summed E-state index contributed by atoms with van der Waals surface area (Å²) < 4.78 is 41.2. The van der Waals surface area contributed by atoms with Gasteiger partial charge < -0.3 is 19.5 Å². The van der Waals surface area contributed by atoms with Crippen LogP contribution in [0.2, 0.25) is 0 Å². The normalized spacial score (nSPS) is 13.5. The van der Waals surface area contributed by atoms with Crippen molar-refractivity contribution in [3.05, 3.63) is 52.0 Å². The second-order valence-electron chi connectivity index (χ2n) is 5.33. The highest BCUT2D eigenvalue weighted by molar-refractivity contribution is 9.10. The number of hydrogen-bond donors (Lipinski definition) is 1. The van der Waals surface area contributed by atoms with Crippen LogP contribution in [-0.4, -0.2) is 13.4 Å². The lowest BCUT2D eigenvalue weighted by molar-refractivity contribution is -0.0506. The van der Waals surface area contributed by atoms with Gasteiger partial charge in [0.05, 0.1) is 4.47 Å². The molecule has 1 atom stereocenters. The van der Waals surface area contributed by atoms with Crippen LogP contribution in [0.4, 0.5) is 8.78 Å². The highest BCUT2D eigenvalue weighted by atomic mass is 79.9. The van der Waals surface area contributed by atoms with Crippen molar-refractivity contribution in [1.82, 2.24) is 5.32 Å². The van der Waals surface area contributed by atoms with E-state index >= 15 is 0 Å². The predicted molar refractivity (Wildman–Crippen MR) is 95.8 cm³/mol. The van der Waals surface area contributed by atoms with Gasteiger partial charge in [0.2, 0.25) is 6.79 Å². The summed E-state index contributed by atoms with van der Waals surface area (Å²) in [5, 5.41) is 3.31. The fourth-order valence-electron chi connectivity index (χ4n) is 2.55. The van der Waals surface area contributed by atoms with Gasteiger partial charge in [-0.25, -0.2) is 0 Å². The third kappa shape index (κ3) is 4.74. The van der Waals surface area contributed by atoms with E-state index in [4.69, 9.17) is 9.47 Å². The predicted octanol–water partition coefficient (Wildman–Crippen LogP) is 5.05. The molecular formula is C17H17BrClF2NO3. The van der Waals surface area contributed by atoms with Crippen molar-refractivity contribution < 1.29 is 23.0 Å². The van der Waals surface area contributed by atoms with Crippen molar-refractivity contribution in [2.24, 2.45) is 0 Å². The lowest BCUT2D eigenvalue weighted by Crippen LogP contribution is -2.19. The van der Waals surface area contributed by atoms with E-state index in [1.165, 1.54) is 6.07 Å². The van der Waals surface area contributed by atoms with Crippen molar-refractivity contribution >= 4 is 28.3 Å². The molecule has 8 heteroatoms. The second kappa shape index (κ2) is 8.69. The summed E-state index contributed by atoms with van der Waals surface area (Å²) in [6.45, 7) is -0.197. The molecule has 1 N–H and O–H groups in total. The Hall–Kier alpha value is -1.57. The molecule has 3 rings (SSSR count). The van der Waals surface area contributed by atoms with Crippen LogP contribution < -0.4 is 19.5 Å². The van der Waals surface area contributed by atoms with E-state index in [-0.39, 0.29) is 31.0 Å². The first kappa shape index (κ1) is 19.8. The molecule has 0 aliphatic carbocycles. The smallest absolute Gasteiger partial charge is 0.387 e. The first-order chi connectivity index (χ1) is 11.5. The molecule has 2 aromatic carbocycles. The molecular weight excluding hydrogens is 420 g/mol. The van der Waals surface area contributed by atoms with E-state index in [9.17, 15) is 8.78 Å². The topological polar surface area (TPSA) is 39.7 Å². The second-order valence-corrected chi connectivity index (χ2v) is 6.18. The summed E-state index contributed by atoms with van der Waals surface area (Å²) in [5.41, 5.74) is 1.67. The number of fused-ring (bicyclic) bond motifs is 1. The van der Waals surface area contributed by atoms with Crippen LogP contribution in [0, 0.1) is 0 Å². The molecule has 1 aliphatic rings. The largest absolute Gasteiger partial charge is 0.454 e. The first-order valence-corrected chi connectivity index (χ1v) is 8.19. The van der Waals surface area contributed by atoms with Gasteiger partial charge in [0.1, 0.15) is 5.75 Å². The molecule has 4 nitrogen and oxygen atoms in total. The summed E-state index contributed by atoms with van der Waals surface area (Å²) in [5.74, 6) is 1.57. The van der Waals surface area contributed by atoms with Crippen LogP contribution in [0.1, 0.15) is 24.1 Å². The number of halogens is 4. The number of nitrogens with one attached hydrogen (secondary N) is 1. The number of hydrogen-bond acceptors (Lipinski definition) is 4. The average molecular weight is 437 g/mol. The maximum absolute atomic E-state index is 12.5. The summed E-state index contributed by atoms with van der Waals surface area (Å²) >= 11 is 3.45. The maximum Gasteiger partial charge on any atom is 0.387 e. The van der Waals surface area contributed by atoms with Crippen LogP contribution in [0.5, 0.6) is 17.2 Å². The Kier molecular flexibility index (Phi) is 6.87.